The van der Waals surface area contributed by atoms with Crippen molar-refractivity contribution in [3.8, 4) is 0 Å². The molecule has 1 fully saturated rings. The molecular formula is C24H24N6O3S. The minimum atomic E-state index is -3.43. The van der Waals surface area contributed by atoms with Crippen molar-refractivity contribution in [2.45, 2.75) is 17.6 Å². The first-order valence-electron chi connectivity index (χ1n) is 11.0. The molecule has 4 aromatic rings. The summed E-state index contributed by atoms with van der Waals surface area (Å²) in [5, 5.41) is 4.27. The number of benzene rings is 2. The maximum atomic E-state index is 13.0. The van der Waals surface area contributed by atoms with Crippen molar-refractivity contribution >= 4 is 27.3 Å². The second kappa shape index (κ2) is 8.86. The number of sulfone groups is 1. The number of nitrogens with zero attached hydrogens (tertiary/aromatic N) is 6. The number of carbonyl (C=O) groups excluding carboxylic acids is 1. The standard InChI is InChI=1S/C24H24N6O3S/c1-18-15-22(30-24(27-18)25-17-26-30)28-11-13-29(14-12-28)23(31)20-9-7-19(8-10-20)16-34(32,33)21-5-3-2-4-6-21/h2-10,15,17H,11-14,16H2,1H3. The summed E-state index contributed by atoms with van der Waals surface area (Å²) >= 11 is 0. The summed E-state index contributed by atoms with van der Waals surface area (Å²) in [7, 11) is -3.43. The molecule has 0 unspecified atom stereocenters. The lowest BCUT2D eigenvalue weighted by Crippen LogP contribution is -2.49. The number of amides is 1. The largest absolute Gasteiger partial charge is 0.353 e. The van der Waals surface area contributed by atoms with E-state index in [2.05, 4.69) is 20.0 Å². The van der Waals surface area contributed by atoms with Gasteiger partial charge in [-0.2, -0.15) is 14.6 Å². The lowest BCUT2D eigenvalue weighted by atomic mass is 10.1. The number of hydrogen-bond donors (Lipinski definition) is 0. The second-order valence-electron chi connectivity index (χ2n) is 8.28. The topological polar surface area (TPSA) is 101 Å². The first-order chi connectivity index (χ1) is 16.4. The Morgan fingerprint density at radius 3 is 2.38 bits per heavy atom. The van der Waals surface area contributed by atoms with Crippen molar-refractivity contribution < 1.29 is 13.2 Å². The highest BCUT2D eigenvalue weighted by Gasteiger charge is 2.24. The molecule has 5 rings (SSSR count). The number of rotatable bonds is 5. The van der Waals surface area contributed by atoms with Gasteiger partial charge in [0.05, 0.1) is 10.6 Å². The molecule has 0 radical (unpaired) electrons. The lowest BCUT2D eigenvalue weighted by Gasteiger charge is -2.36. The Hall–Kier alpha value is -3.79. The smallest absolute Gasteiger partial charge is 0.254 e. The van der Waals surface area contributed by atoms with Crippen LogP contribution in [0.2, 0.25) is 0 Å². The minimum absolute atomic E-state index is 0.0612. The number of fused-ring (bicyclic) bond motifs is 1. The fourth-order valence-electron chi connectivity index (χ4n) is 4.13. The van der Waals surface area contributed by atoms with Gasteiger partial charge in [-0.15, -0.1) is 0 Å². The average molecular weight is 477 g/mol. The van der Waals surface area contributed by atoms with Crippen LogP contribution in [0.1, 0.15) is 21.6 Å². The van der Waals surface area contributed by atoms with Crippen molar-refractivity contribution in [1.29, 1.82) is 0 Å². The maximum absolute atomic E-state index is 13.0. The van der Waals surface area contributed by atoms with Crippen molar-refractivity contribution in [3.05, 3.63) is 83.8 Å². The number of anilines is 1. The minimum Gasteiger partial charge on any atom is -0.353 e. The Morgan fingerprint density at radius 1 is 0.971 bits per heavy atom. The van der Waals surface area contributed by atoms with Crippen LogP contribution < -0.4 is 4.90 Å². The van der Waals surface area contributed by atoms with Crippen LogP contribution in [0, 0.1) is 6.92 Å². The number of hydrogen-bond acceptors (Lipinski definition) is 7. The van der Waals surface area contributed by atoms with E-state index in [0.29, 0.717) is 48.0 Å². The Kier molecular flexibility index (Phi) is 5.74. The van der Waals surface area contributed by atoms with Gasteiger partial charge in [0, 0.05) is 43.5 Å². The summed E-state index contributed by atoms with van der Waals surface area (Å²) in [6.07, 6.45) is 1.49. The summed E-state index contributed by atoms with van der Waals surface area (Å²) in [5.74, 6) is 1.31. The van der Waals surface area contributed by atoms with E-state index < -0.39 is 9.84 Å². The monoisotopic (exact) mass is 476 g/mol. The van der Waals surface area contributed by atoms with Crippen LogP contribution in [0.25, 0.3) is 5.78 Å². The zero-order valence-electron chi connectivity index (χ0n) is 18.7. The van der Waals surface area contributed by atoms with Crippen LogP contribution in [0.5, 0.6) is 0 Å². The van der Waals surface area contributed by atoms with Crippen molar-refractivity contribution in [2.75, 3.05) is 31.1 Å². The Morgan fingerprint density at radius 2 is 1.68 bits per heavy atom. The molecule has 0 aliphatic carbocycles. The molecule has 1 saturated heterocycles. The van der Waals surface area contributed by atoms with Gasteiger partial charge < -0.3 is 9.80 Å². The van der Waals surface area contributed by atoms with Gasteiger partial charge in [-0.1, -0.05) is 30.3 Å². The summed E-state index contributed by atoms with van der Waals surface area (Å²) in [5.41, 5.74) is 2.06. The van der Waals surface area contributed by atoms with Crippen LogP contribution in [-0.2, 0) is 15.6 Å². The molecule has 0 N–H and O–H groups in total. The van der Waals surface area contributed by atoms with E-state index >= 15 is 0 Å². The summed E-state index contributed by atoms with van der Waals surface area (Å²) < 4.78 is 26.9. The maximum Gasteiger partial charge on any atom is 0.254 e. The highest BCUT2D eigenvalue weighted by Crippen LogP contribution is 2.20. The molecule has 0 saturated carbocycles. The summed E-state index contributed by atoms with van der Waals surface area (Å²) in [6, 6.07) is 17.2. The second-order valence-corrected chi connectivity index (χ2v) is 10.3. The number of carbonyl (C=O) groups is 1. The van der Waals surface area contributed by atoms with E-state index in [1.165, 1.54) is 6.33 Å². The third kappa shape index (κ3) is 4.36. The highest BCUT2D eigenvalue weighted by molar-refractivity contribution is 7.90. The van der Waals surface area contributed by atoms with Gasteiger partial charge in [0.2, 0.25) is 0 Å². The number of piperazine rings is 1. The molecule has 3 heterocycles. The highest BCUT2D eigenvalue weighted by atomic mass is 32.2. The molecule has 2 aromatic heterocycles. The lowest BCUT2D eigenvalue weighted by molar-refractivity contribution is 0.0746. The predicted octanol–water partition coefficient (Wildman–Crippen LogP) is 2.37. The van der Waals surface area contributed by atoms with Crippen molar-refractivity contribution in [3.63, 3.8) is 0 Å². The van der Waals surface area contributed by atoms with E-state index in [4.69, 9.17) is 0 Å². The molecule has 174 valence electrons. The number of aromatic nitrogens is 4. The van der Waals surface area contributed by atoms with Gasteiger partial charge in [0.15, 0.2) is 9.84 Å². The molecule has 1 aliphatic rings. The molecule has 34 heavy (non-hydrogen) atoms. The first-order valence-corrected chi connectivity index (χ1v) is 12.6. The third-order valence-electron chi connectivity index (χ3n) is 5.91. The van der Waals surface area contributed by atoms with E-state index in [-0.39, 0.29) is 11.7 Å². The van der Waals surface area contributed by atoms with Crippen molar-refractivity contribution in [2.24, 2.45) is 0 Å². The van der Waals surface area contributed by atoms with Crippen LogP contribution in [0.15, 0.2) is 71.9 Å². The van der Waals surface area contributed by atoms with Gasteiger partial charge in [-0.05, 0) is 36.8 Å². The van der Waals surface area contributed by atoms with Gasteiger partial charge in [0.25, 0.3) is 11.7 Å². The third-order valence-corrected chi connectivity index (χ3v) is 7.62. The molecule has 0 bridgehead atoms. The first kappa shape index (κ1) is 22.0. The Bertz CT molecular complexity index is 1430. The fraction of sp³-hybridized carbons (Fsp3) is 0.250. The van der Waals surface area contributed by atoms with Gasteiger partial charge in [-0.3, -0.25) is 4.79 Å². The van der Waals surface area contributed by atoms with Crippen LogP contribution >= 0.6 is 0 Å². The molecular weight excluding hydrogens is 452 g/mol. The number of aryl methyl sites for hydroxylation is 1. The summed E-state index contributed by atoms with van der Waals surface area (Å²) in [6.45, 7) is 4.39. The van der Waals surface area contributed by atoms with Gasteiger partial charge in [0.1, 0.15) is 12.1 Å². The Balaban J connectivity index is 1.24. The molecule has 9 nitrogen and oxygen atoms in total. The zero-order chi connectivity index (χ0) is 23.7. The average Bonchev–Trinajstić information content (AvgIpc) is 3.32. The van der Waals surface area contributed by atoms with E-state index in [0.717, 1.165) is 11.5 Å². The fourth-order valence-corrected chi connectivity index (χ4v) is 5.50. The van der Waals surface area contributed by atoms with Gasteiger partial charge in [-0.25, -0.2) is 13.4 Å². The van der Waals surface area contributed by atoms with E-state index in [1.807, 2.05) is 17.9 Å². The van der Waals surface area contributed by atoms with E-state index in [1.54, 1.807) is 59.1 Å². The molecule has 10 heteroatoms. The zero-order valence-corrected chi connectivity index (χ0v) is 19.5. The quantitative estimate of drug-likeness (QED) is 0.436. The molecule has 0 atom stereocenters. The predicted molar refractivity (Wildman–Crippen MR) is 127 cm³/mol. The summed E-state index contributed by atoms with van der Waals surface area (Å²) in [4.78, 5) is 25.9. The van der Waals surface area contributed by atoms with Crippen LogP contribution in [-0.4, -0.2) is 65.0 Å². The molecule has 0 spiro atoms. The van der Waals surface area contributed by atoms with Crippen LogP contribution in [0.3, 0.4) is 0 Å². The van der Waals surface area contributed by atoms with Crippen molar-refractivity contribution in [1.82, 2.24) is 24.5 Å². The SMILES string of the molecule is Cc1cc(N2CCN(C(=O)c3ccc(CS(=O)(=O)c4ccccc4)cc3)CC2)n2ncnc2n1. The molecule has 1 amide bonds. The Labute approximate surface area is 197 Å². The van der Waals surface area contributed by atoms with Crippen LogP contribution in [0.4, 0.5) is 5.82 Å². The molecule has 1 aliphatic heterocycles. The van der Waals surface area contributed by atoms with E-state index in [9.17, 15) is 13.2 Å². The normalized spacial score (nSPS) is 14.5. The molecule has 2 aromatic carbocycles. The van der Waals surface area contributed by atoms with Gasteiger partial charge >= 0.3 is 0 Å².